The lowest BCUT2D eigenvalue weighted by molar-refractivity contribution is 0.0764. The van der Waals surface area contributed by atoms with Gasteiger partial charge in [-0.2, -0.15) is 0 Å². The lowest BCUT2D eigenvalue weighted by atomic mass is 9.68. The van der Waals surface area contributed by atoms with Gasteiger partial charge < -0.3 is 4.74 Å². The van der Waals surface area contributed by atoms with E-state index in [9.17, 15) is 0 Å². The molecule has 2 rings (SSSR count). The van der Waals surface area contributed by atoms with Crippen molar-refractivity contribution in [2.75, 3.05) is 12.5 Å². The van der Waals surface area contributed by atoms with Crippen LogP contribution < -0.4 is 0 Å². The van der Waals surface area contributed by atoms with Crippen molar-refractivity contribution in [1.82, 2.24) is 0 Å². The Balaban J connectivity index is 1.73. The highest BCUT2D eigenvalue weighted by atomic mass is 35.5. The zero-order valence-electron chi connectivity index (χ0n) is 12.6. The topological polar surface area (TPSA) is 9.23 Å². The molecule has 0 aromatic carbocycles. The first-order valence-corrected chi connectivity index (χ1v) is 8.99. The van der Waals surface area contributed by atoms with Gasteiger partial charge in [-0.25, -0.2) is 0 Å². The molecule has 112 valence electrons. The Bertz CT molecular complexity index is 240. The molecule has 1 nitrogen and oxygen atoms in total. The van der Waals surface area contributed by atoms with Crippen LogP contribution in [0.25, 0.3) is 0 Å². The normalized spacial score (nSPS) is 35.7. The standard InChI is InChI=1S/C17H31ClO/c1-2-3-5-15-7-10-17(14-18,11-8-15)12-9-16-6-4-13-19-16/h15-16H,2-14H2,1H3. The van der Waals surface area contributed by atoms with Crippen LogP contribution in [0.2, 0.25) is 0 Å². The van der Waals surface area contributed by atoms with Gasteiger partial charge >= 0.3 is 0 Å². The predicted octanol–water partition coefficient (Wildman–Crippen LogP) is 5.55. The van der Waals surface area contributed by atoms with Gasteiger partial charge in [0.05, 0.1) is 6.10 Å². The van der Waals surface area contributed by atoms with E-state index in [1.807, 2.05) is 0 Å². The molecule has 1 unspecified atom stereocenters. The minimum absolute atomic E-state index is 0.441. The van der Waals surface area contributed by atoms with Crippen LogP contribution >= 0.6 is 11.6 Å². The number of hydrogen-bond acceptors (Lipinski definition) is 1. The van der Waals surface area contributed by atoms with Crippen molar-refractivity contribution in [2.24, 2.45) is 11.3 Å². The van der Waals surface area contributed by atoms with E-state index < -0.39 is 0 Å². The van der Waals surface area contributed by atoms with E-state index in [1.165, 1.54) is 70.6 Å². The van der Waals surface area contributed by atoms with Crippen LogP contribution in [-0.4, -0.2) is 18.6 Å². The SMILES string of the molecule is CCCCC1CCC(CCl)(CCC2CCCO2)CC1. The van der Waals surface area contributed by atoms with E-state index in [2.05, 4.69) is 6.92 Å². The quantitative estimate of drug-likeness (QED) is 0.557. The molecule has 1 heterocycles. The van der Waals surface area contributed by atoms with Crippen LogP contribution in [0.5, 0.6) is 0 Å². The lowest BCUT2D eigenvalue weighted by Crippen LogP contribution is -2.30. The summed E-state index contributed by atoms with van der Waals surface area (Å²) in [5.41, 5.74) is 0.441. The van der Waals surface area contributed by atoms with Gasteiger partial charge in [0.1, 0.15) is 0 Å². The van der Waals surface area contributed by atoms with Crippen molar-refractivity contribution in [3.8, 4) is 0 Å². The maximum absolute atomic E-state index is 6.33. The molecule has 2 heteroatoms. The lowest BCUT2D eigenvalue weighted by Gasteiger charge is -2.39. The Hall–Kier alpha value is 0.250. The molecule has 0 spiro atoms. The Morgan fingerprint density at radius 1 is 1.16 bits per heavy atom. The summed E-state index contributed by atoms with van der Waals surface area (Å²) < 4.78 is 5.76. The molecule has 1 saturated heterocycles. The summed E-state index contributed by atoms with van der Waals surface area (Å²) in [6.07, 6.45) is 15.4. The van der Waals surface area contributed by atoms with Gasteiger partial charge in [0.25, 0.3) is 0 Å². The third-order valence-electron chi connectivity index (χ3n) is 5.44. The highest BCUT2D eigenvalue weighted by molar-refractivity contribution is 6.18. The molecule has 0 aromatic rings. The molecule has 0 aromatic heterocycles. The first-order valence-electron chi connectivity index (χ1n) is 8.45. The van der Waals surface area contributed by atoms with Crippen LogP contribution in [0, 0.1) is 11.3 Å². The van der Waals surface area contributed by atoms with Gasteiger partial charge in [-0.05, 0) is 62.7 Å². The van der Waals surface area contributed by atoms with E-state index in [4.69, 9.17) is 16.3 Å². The number of rotatable bonds is 7. The average Bonchev–Trinajstić information content (AvgIpc) is 2.97. The molecule has 0 amide bonds. The Labute approximate surface area is 124 Å². The van der Waals surface area contributed by atoms with E-state index in [0.29, 0.717) is 11.5 Å². The maximum Gasteiger partial charge on any atom is 0.0576 e. The fraction of sp³-hybridized carbons (Fsp3) is 1.00. The first-order chi connectivity index (χ1) is 9.28. The van der Waals surface area contributed by atoms with Crippen molar-refractivity contribution in [3.05, 3.63) is 0 Å². The van der Waals surface area contributed by atoms with E-state index in [0.717, 1.165) is 18.4 Å². The van der Waals surface area contributed by atoms with Gasteiger partial charge in [0.15, 0.2) is 0 Å². The Morgan fingerprint density at radius 3 is 2.53 bits per heavy atom. The van der Waals surface area contributed by atoms with Crippen molar-refractivity contribution < 1.29 is 4.74 Å². The number of hydrogen-bond donors (Lipinski definition) is 0. The summed E-state index contributed by atoms with van der Waals surface area (Å²) >= 11 is 6.33. The van der Waals surface area contributed by atoms with E-state index >= 15 is 0 Å². The molecule has 0 radical (unpaired) electrons. The number of alkyl halides is 1. The summed E-state index contributed by atoms with van der Waals surface area (Å²) in [6.45, 7) is 3.28. The molecular formula is C17H31ClO. The molecule has 1 aliphatic carbocycles. The van der Waals surface area contributed by atoms with Gasteiger partial charge in [-0.15, -0.1) is 11.6 Å². The minimum atomic E-state index is 0.441. The van der Waals surface area contributed by atoms with Crippen LogP contribution in [0.4, 0.5) is 0 Å². The highest BCUT2D eigenvalue weighted by Crippen LogP contribution is 2.45. The monoisotopic (exact) mass is 286 g/mol. The Morgan fingerprint density at radius 2 is 1.95 bits per heavy atom. The van der Waals surface area contributed by atoms with Gasteiger partial charge in [0, 0.05) is 12.5 Å². The second kappa shape index (κ2) is 7.88. The minimum Gasteiger partial charge on any atom is -0.378 e. The molecular weight excluding hydrogens is 256 g/mol. The van der Waals surface area contributed by atoms with Crippen molar-refractivity contribution in [2.45, 2.75) is 83.7 Å². The number of unbranched alkanes of at least 4 members (excludes halogenated alkanes) is 1. The van der Waals surface area contributed by atoms with Crippen LogP contribution in [0.15, 0.2) is 0 Å². The van der Waals surface area contributed by atoms with E-state index in [-0.39, 0.29) is 0 Å². The second-order valence-corrected chi connectivity index (χ2v) is 7.16. The summed E-state index contributed by atoms with van der Waals surface area (Å²) in [5, 5.41) is 0. The van der Waals surface area contributed by atoms with Crippen molar-refractivity contribution in [1.29, 1.82) is 0 Å². The molecule has 1 atom stereocenters. The second-order valence-electron chi connectivity index (χ2n) is 6.89. The summed E-state index contributed by atoms with van der Waals surface area (Å²) in [5.74, 6) is 1.85. The van der Waals surface area contributed by atoms with Gasteiger partial charge in [0.2, 0.25) is 0 Å². The molecule has 0 bridgehead atoms. The van der Waals surface area contributed by atoms with Crippen molar-refractivity contribution >= 4 is 11.6 Å². The zero-order valence-corrected chi connectivity index (χ0v) is 13.4. The maximum atomic E-state index is 6.33. The third kappa shape index (κ3) is 4.63. The number of ether oxygens (including phenoxy) is 1. The predicted molar refractivity (Wildman–Crippen MR) is 82.8 cm³/mol. The first kappa shape index (κ1) is 15.6. The summed E-state index contributed by atoms with van der Waals surface area (Å²) in [7, 11) is 0. The molecule has 1 saturated carbocycles. The molecule has 0 N–H and O–H groups in total. The van der Waals surface area contributed by atoms with Crippen LogP contribution in [-0.2, 0) is 4.74 Å². The fourth-order valence-corrected chi connectivity index (χ4v) is 4.26. The van der Waals surface area contributed by atoms with Gasteiger partial charge in [-0.3, -0.25) is 0 Å². The Kier molecular flexibility index (Phi) is 6.49. The summed E-state index contributed by atoms with van der Waals surface area (Å²) in [6, 6.07) is 0. The molecule has 19 heavy (non-hydrogen) atoms. The van der Waals surface area contributed by atoms with Crippen molar-refractivity contribution in [3.63, 3.8) is 0 Å². The third-order valence-corrected chi connectivity index (χ3v) is 6.00. The molecule has 2 aliphatic rings. The fourth-order valence-electron chi connectivity index (χ4n) is 3.86. The van der Waals surface area contributed by atoms with Crippen LogP contribution in [0.3, 0.4) is 0 Å². The van der Waals surface area contributed by atoms with Gasteiger partial charge in [-0.1, -0.05) is 26.2 Å². The van der Waals surface area contributed by atoms with Crippen LogP contribution in [0.1, 0.15) is 77.6 Å². The average molecular weight is 287 g/mol. The summed E-state index contributed by atoms with van der Waals surface area (Å²) in [4.78, 5) is 0. The smallest absolute Gasteiger partial charge is 0.0576 e. The highest BCUT2D eigenvalue weighted by Gasteiger charge is 2.35. The zero-order chi connectivity index (χ0) is 13.6. The van der Waals surface area contributed by atoms with E-state index in [1.54, 1.807) is 0 Å². The molecule has 2 fully saturated rings. The molecule has 1 aliphatic heterocycles. The number of halogens is 1. The largest absolute Gasteiger partial charge is 0.378 e.